The summed E-state index contributed by atoms with van der Waals surface area (Å²) in [5, 5.41) is 7.95. The maximum absolute atomic E-state index is 12.8. The number of aromatic nitrogens is 4. The van der Waals surface area contributed by atoms with Crippen molar-refractivity contribution in [1.29, 1.82) is 0 Å². The summed E-state index contributed by atoms with van der Waals surface area (Å²) in [6, 6.07) is 5.82. The van der Waals surface area contributed by atoms with E-state index in [-0.39, 0.29) is 23.5 Å². The van der Waals surface area contributed by atoms with Gasteiger partial charge in [0.15, 0.2) is 0 Å². The van der Waals surface area contributed by atoms with Gasteiger partial charge in [-0.3, -0.25) is 9.48 Å². The number of carbonyl (C=O) groups excluding carboxylic acids is 2. The minimum Gasteiger partial charge on any atom is -0.305 e. The number of rotatable bonds is 5. The van der Waals surface area contributed by atoms with Gasteiger partial charge in [-0.2, -0.15) is 5.10 Å². The number of carbonyl (C=O) groups is 2. The van der Waals surface area contributed by atoms with Gasteiger partial charge in [-0.05, 0) is 43.9 Å². The molecule has 1 saturated carbocycles. The highest BCUT2D eigenvalue weighted by atomic mass is 19.3. The average Bonchev–Trinajstić information content (AvgIpc) is 3.17. The number of anilines is 1. The van der Waals surface area contributed by atoms with Gasteiger partial charge in [-0.1, -0.05) is 6.07 Å². The first-order valence-electron chi connectivity index (χ1n) is 9.40. The van der Waals surface area contributed by atoms with Crippen LogP contribution in [0.2, 0.25) is 0 Å². The largest absolute Gasteiger partial charge is 0.305 e. The predicted octanol–water partition coefficient (Wildman–Crippen LogP) is 3.95. The van der Waals surface area contributed by atoms with E-state index in [4.69, 9.17) is 0 Å². The maximum Gasteiger partial charge on any atom is 0.280 e. The zero-order chi connectivity index (χ0) is 20.4. The Morgan fingerprint density at radius 1 is 1.24 bits per heavy atom. The molecule has 0 saturated heterocycles. The summed E-state index contributed by atoms with van der Waals surface area (Å²) in [7, 11) is 0. The summed E-state index contributed by atoms with van der Waals surface area (Å²) < 4.78 is 27.4. The molecule has 1 fully saturated rings. The molecule has 1 N–H and O–H groups in total. The Kier molecular flexibility index (Phi) is 5.28. The van der Waals surface area contributed by atoms with Crippen LogP contribution in [0, 0.1) is 5.92 Å². The number of fused-ring (bicyclic) bond motifs is 1. The van der Waals surface area contributed by atoms with Crippen LogP contribution in [-0.2, 0) is 4.79 Å². The van der Waals surface area contributed by atoms with Crippen LogP contribution in [0.15, 0.2) is 36.7 Å². The standard InChI is InChI=1S/C20H19F2N5O2/c21-19(22)15-2-1-3-16(24-15)20(29)25-18-8-13-10-27(26-17(13)9-23-18)14-6-4-12(11-28)5-7-14/h1-3,8-12,14,19H,4-7H2,(H,25,29). The predicted molar refractivity (Wildman–Crippen MR) is 102 cm³/mol. The van der Waals surface area contributed by atoms with Crippen LogP contribution in [-0.4, -0.2) is 31.9 Å². The lowest BCUT2D eigenvalue weighted by Gasteiger charge is -2.25. The lowest BCUT2D eigenvalue weighted by atomic mass is 9.87. The van der Waals surface area contributed by atoms with Crippen LogP contribution in [0.4, 0.5) is 14.6 Å². The second-order valence-corrected chi connectivity index (χ2v) is 7.14. The molecule has 0 atom stereocenters. The zero-order valence-corrected chi connectivity index (χ0v) is 15.5. The number of nitrogens with zero attached hydrogens (tertiary/aromatic N) is 4. The molecule has 0 bridgehead atoms. The zero-order valence-electron chi connectivity index (χ0n) is 15.5. The van der Waals surface area contributed by atoms with Crippen molar-refractivity contribution in [2.24, 2.45) is 5.92 Å². The van der Waals surface area contributed by atoms with Crippen molar-refractivity contribution in [2.75, 3.05) is 5.32 Å². The maximum atomic E-state index is 12.8. The van der Waals surface area contributed by atoms with Crippen molar-refractivity contribution in [1.82, 2.24) is 19.7 Å². The van der Waals surface area contributed by atoms with E-state index in [1.54, 1.807) is 12.3 Å². The van der Waals surface area contributed by atoms with Crippen molar-refractivity contribution in [3.63, 3.8) is 0 Å². The highest BCUT2D eigenvalue weighted by Gasteiger charge is 2.23. The summed E-state index contributed by atoms with van der Waals surface area (Å²) in [6.45, 7) is 0. The molecule has 0 aromatic carbocycles. The van der Waals surface area contributed by atoms with E-state index in [9.17, 15) is 18.4 Å². The summed E-state index contributed by atoms with van der Waals surface area (Å²) in [5.41, 5.74) is 0.136. The Morgan fingerprint density at radius 3 is 2.76 bits per heavy atom. The molecule has 1 aliphatic rings. The Bertz CT molecular complexity index is 1040. The number of hydrogen-bond acceptors (Lipinski definition) is 5. The molecule has 1 aliphatic carbocycles. The van der Waals surface area contributed by atoms with E-state index in [0.29, 0.717) is 5.52 Å². The smallest absolute Gasteiger partial charge is 0.280 e. The molecule has 3 aromatic rings. The average molecular weight is 399 g/mol. The minimum atomic E-state index is -2.75. The Labute approximate surface area is 165 Å². The highest BCUT2D eigenvalue weighted by molar-refractivity contribution is 6.03. The van der Waals surface area contributed by atoms with Crippen molar-refractivity contribution < 1.29 is 18.4 Å². The number of pyridine rings is 2. The van der Waals surface area contributed by atoms with Crippen LogP contribution in [0.5, 0.6) is 0 Å². The van der Waals surface area contributed by atoms with Crippen LogP contribution in [0.25, 0.3) is 10.9 Å². The molecule has 29 heavy (non-hydrogen) atoms. The van der Waals surface area contributed by atoms with Gasteiger partial charge in [-0.25, -0.2) is 18.7 Å². The van der Waals surface area contributed by atoms with Crippen molar-refractivity contribution in [2.45, 2.75) is 38.2 Å². The second kappa shape index (κ2) is 8.02. The van der Waals surface area contributed by atoms with Gasteiger partial charge in [0.25, 0.3) is 12.3 Å². The van der Waals surface area contributed by atoms with Gasteiger partial charge in [0, 0.05) is 17.5 Å². The fraction of sp³-hybridized carbons (Fsp3) is 0.350. The van der Waals surface area contributed by atoms with Crippen molar-refractivity contribution >= 4 is 28.9 Å². The normalized spacial score (nSPS) is 19.4. The fourth-order valence-corrected chi connectivity index (χ4v) is 3.58. The molecular weight excluding hydrogens is 380 g/mol. The molecule has 0 radical (unpaired) electrons. The molecule has 3 heterocycles. The fourth-order valence-electron chi connectivity index (χ4n) is 3.58. The van der Waals surface area contributed by atoms with E-state index in [1.165, 1.54) is 18.2 Å². The minimum absolute atomic E-state index is 0.104. The number of amides is 1. The molecule has 9 heteroatoms. The first-order valence-corrected chi connectivity index (χ1v) is 9.40. The number of aldehydes is 1. The molecular formula is C20H19F2N5O2. The monoisotopic (exact) mass is 399 g/mol. The van der Waals surface area contributed by atoms with E-state index in [2.05, 4.69) is 20.4 Å². The third-order valence-corrected chi connectivity index (χ3v) is 5.18. The van der Waals surface area contributed by atoms with E-state index < -0.39 is 18.0 Å². The van der Waals surface area contributed by atoms with E-state index in [0.717, 1.165) is 37.4 Å². The molecule has 150 valence electrons. The summed E-state index contributed by atoms with van der Waals surface area (Å²) >= 11 is 0. The quantitative estimate of drug-likeness (QED) is 0.656. The number of hydrogen-bond donors (Lipinski definition) is 1. The number of nitrogens with one attached hydrogen (secondary N) is 1. The number of alkyl halides is 2. The molecule has 4 rings (SSSR count). The first kappa shape index (κ1) is 19.1. The Balaban J connectivity index is 1.50. The van der Waals surface area contributed by atoms with Crippen molar-refractivity contribution in [3.8, 4) is 0 Å². The SMILES string of the molecule is O=CC1CCC(n2cc3cc(NC(=O)c4cccc(C(F)F)n4)ncc3n2)CC1. The van der Waals surface area contributed by atoms with E-state index >= 15 is 0 Å². The molecule has 1 amide bonds. The van der Waals surface area contributed by atoms with Crippen LogP contribution in [0.3, 0.4) is 0 Å². The van der Waals surface area contributed by atoms with Gasteiger partial charge in [0.1, 0.15) is 29.0 Å². The molecule has 0 unspecified atom stereocenters. The van der Waals surface area contributed by atoms with Gasteiger partial charge in [0.05, 0.1) is 12.2 Å². The van der Waals surface area contributed by atoms with Gasteiger partial charge in [-0.15, -0.1) is 0 Å². The molecule has 3 aromatic heterocycles. The summed E-state index contributed by atoms with van der Waals surface area (Å²) in [4.78, 5) is 31.1. The molecule has 0 aliphatic heterocycles. The van der Waals surface area contributed by atoms with Gasteiger partial charge >= 0.3 is 0 Å². The summed E-state index contributed by atoms with van der Waals surface area (Å²) in [5.74, 6) is -0.188. The van der Waals surface area contributed by atoms with Crippen LogP contribution >= 0.6 is 0 Å². The Morgan fingerprint density at radius 2 is 2.03 bits per heavy atom. The van der Waals surface area contributed by atoms with E-state index in [1.807, 2.05) is 10.9 Å². The third kappa shape index (κ3) is 4.13. The number of halogens is 2. The van der Waals surface area contributed by atoms with Crippen LogP contribution in [0.1, 0.15) is 54.3 Å². The molecule has 0 spiro atoms. The molecule has 7 nitrogen and oxygen atoms in total. The first-order chi connectivity index (χ1) is 14.0. The lowest BCUT2D eigenvalue weighted by Crippen LogP contribution is -2.19. The van der Waals surface area contributed by atoms with Gasteiger partial charge < -0.3 is 10.1 Å². The third-order valence-electron chi connectivity index (χ3n) is 5.18. The second-order valence-electron chi connectivity index (χ2n) is 7.14. The van der Waals surface area contributed by atoms with Gasteiger partial charge in [0.2, 0.25) is 0 Å². The highest BCUT2D eigenvalue weighted by Crippen LogP contribution is 2.31. The van der Waals surface area contributed by atoms with Crippen LogP contribution < -0.4 is 5.32 Å². The summed E-state index contributed by atoms with van der Waals surface area (Å²) in [6.07, 6.45) is 5.23. The lowest BCUT2D eigenvalue weighted by molar-refractivity contribution is -0.112. The van der Waals surface area contributed by atoms with Crippen molar-refractivity contribution in [3.05, 3.63) is 48.0 Å². The topological polar surface area (TPSA) is 89.8 Å². The Hall–Kier alpha value is -3.23.